The highest BCUT2D eigenvalue weighted by Gasteiger charge is 2.30. The molecule has 0 radical (unpaired) electrons. The zero-order chi connectivity index (χ0) is 16.2. The van der Waals surface area contributed by atoms with Crippen molar-refractivity contribution in [1.29, 1.82) is 0 Å². The minimum atomic E-state index is -0.591. The van der Waals surface area contributed by atoms with Gasteiger partial charge < -0.3 is 15.2 Å². The Kier molecular flexibility index (Phi) is 4.74. The summed E-state index contributed by atoms with van der Waals surface area (Å²) in [6.07, 6.45) is -0.125. The van der Waals surface area contributed by atoms with Crippen LogP contribution in [0.1, 0.15) is 23.5 Å². The van der Waals surface area contributed by atoms with Crippen LogP contribution < -0.4 is 5.73 Å². The Labute approximate surface area is 136 Å². The maximum absolute atomic E-state index is 12.1. The molecule has 2 aromatic rings. The van der Waals surface area contributed by atoms with Gasteiger partial charge in [0.25, 0.3) is 0 Å². The van der Waals surface area contributed by atoms with Gasteiger partial charge in [-0.2, -0.15) is 0 Å². The highest BCUT2D eigenvalue weighted by Crippen LogP contribution is 2.44. The van der Waals surface area contributed by atoms with Gasteiger partial charge in [0, 0.05) is 13.0 Å². The van der Waals surface area contributed by atoms with Crippen LogP contribution in [-0.4, -0.2) is 32.3 Å². The molecule has 1 atom stereocenters. The summed E-state index contributed by atoms with van der Waals surface area (Å²) in [5.74, 6) is -0.276. The van der Waals surface area contributed by atoms with Gasteiger partial charge in [-0.15, -0.1) is 0 Å². The summed E-state index contributed by atoms with van der Waals surface area (Å²) in [5.41, 5.74) is 10.3. The standard InChI is InChI=1S/C19H21NO3/c1-22-18(10-11-20)19(21)23-12-17-15-8-4-2-6-13(15)14-7-3-5-9-16(14)17/h2-9,17-18H,10-12,20H2,1H3. The Morgan fingerprint density at radius 2 is 1.65 bits per heavy atom. The lowest BCUT2D eigenvalue weighted by molar-refractivity contribution is -0.155. The molecule has 4 heteroatoms. The topological polar surface area (TPSA) is 61.5 Å². The second-order valence-corrected chi connectivity index (χ2v) is 5.66. The van der Waals surface area contributed by atoms with Crippen molar-refractivity contribution in [2.75, 3.05) is 20.3 Å². The monoisotopic (exact) mass is 311 g/mol. The Balaban J connectivity index is 1.79. The first-order valence-electron chi connectivity index (χ1n) is 7.84. The molecule has 0 aromatic heterocycles. The normalized spacial score (nSPS) is 14.2. The quantitative estimate of drug-likeness (QED) is 0.833. The van der Waals surface area contributed by atoms with Crippen LogP contribution in [0.2, 0.25) is 0 Å². The van der Waals surface area contributed by atoms with Crippen LogP contribution in [0.15, 0.2) is 48.5 Å². The minimum absolute atomic E-state index is 0.0710. The smallest absolute Gasteiger partial charge is 0.335 e. The van der Waals surface area contributed by atoms with Gasteiger partial charge in [-0.25, -0.2) is 4.79 Å². The molecule has 3 rings (SSSR count). The van der Waals surface area contributed by atoms with E-state index in [1.54, 1.807) is 0 Å². The molecule has 0 saturated heterocycles. The van der Waals surface area contributed by atoms with E-state index in [1.165, 1.54) is 29.4 Å². The molecule has 120 valence electrons. The van der Waals surface area contributed by atoms with E-state index >= 15 is 0 Å². The van der Waals surface area contributed by atoms with Crippen LogP contribution in [0.3, 0.4) is 0 Å². The van der Waals surface area contributed by atoms with Crippen LogP contribution in [0, 0.1) is 0 Å². The second kappa shape index (κ2) is 6.94. The van der Waals surface area contributed by atoms with Gasteiger partial charge >= 0.3 is 5.97 Å². The molecule has 0 amide bonds. The van der Waals surface area contributed by atoms with Gasteiger partial charge in [-0.3, -0.25) is 0 Å². The van der Waals surface area contributed by atoms with Crippen molar-refractivity contribution < 1.29 is 14.3 Å². The number of rotatable bonds is 6. The van der Waals surface area contributed by atoms with E-state index in [-0.39, 0.29) is 11.9 Å². The van der Waals surface area contributed by atoms with Crippen LogP contribution in [0.25, 0.3) is 11.1 Å². The molecule has 1 aliphatic carbocycles. The Bertz CT molecular complexity index is 653. The van der Waals surface area contributed by atoms with Crippen LogP contribution in [0.5, 0.6) is 0 Å². The third-order valence-corrected chi connectivity index (χ3v) is 4.33. The summed E-state index contributed by atoms with van der Waals surface area (Å²) in [4.78, 5) is 12.1. The molecule has 4 nitrogen and oxygen atoms in total. The van der Waals surface area contributed by atoms with Crippen molar-refractivity contribution in [3.8, 4) is 11.1 Å². The lowest BCUT2D eigenvalue weighted by Crippen LogP contribution is -2.29. The Hall–Kier alpha value is -2.17. The molecule has 0 aliphatic heterocycles. The molecule has 0 saturated carbocycles. The second-order valence-electron chi connectivity index (χ2n) is 5.66. The highest BCUT2D eigenvalue weighted by atomic mass is 16.6. The zero-order valence-electron chi connectivity index (χ0n) is 13.2. The minimum Gasteiger partial charge on any atom is -0.463 e. The molecule has 1 aliphatic rings. The number of esters is 1. The third kappa shape index (κ3) is 3.00. The van der Waals surface area contributed by atoms with E-state index in [2.05, 4.69) is 24.3 Å². The molecule has 23 heavy (non-hydrogen) atoms. The average Bonchev–Trinajstić information content (AvgIpc) is 2.91. The summed E-state index contributed by atoms with van der Waals surface area (Å²) in [5, 5.41) is 0. The van der Waals surface area contributed by atoms with Gasteiger partial charge in [0.1, 0.15) is 6.61 Å². The number of carbonyl (C=O) groups is 1. The van der Waals surface area contributed by atoms with E-state index in [4.69, 9.17) is 15.2 Å². The zero-order valence-corrected chi connectivity index (χ0v) is 13.2. The van der Waals surface area contributed by atoms with Crippen molar-refractivity contribution in [3.63, 3.8) is 0 Å². The number of hydrogen-bond donors (Lipinski definition) is 1. The summed E-state index contributed by atoms with van der Waals surface area (Å²) < 4.78 is 10.7. The van der Waals surface area contributed by atoms with E-state index in [0.29, 0.717) is 19.6 Å². The number of fused-ring (bicyclic) bond motifs is 3. The maximum Gasteiger partial charge on any atom is 0.335 e. The molecule has 0 fully saturated rings. The van der Waals surface area contributed by atoms with Gasteiger partial charge in [0.05, 0.1) is 0 Å². The number of methoxy groups -OCH3 is 1. The lowest BCUT2D eigenvalue weighted by Gasteiger charge is -2.17. The van der Waals surface area contributed by atoms with Gasteiger partial charge in [-0.1, -0.05) is 48.5 Å². The highest BCUT2D eigenvalue weighted by molar-refractivity contribution is 5.79. The molecule has 0 bridgehead atoms. The Morgan fingerprint density at radius 1 is 1.09 bits per heavy atom. The third-order valence-electron chi connectivity index (χ3n) is 4.33. The van der Waals surface area contributed by atoms with Crippen molar-refractivity contribution in [3.05, 3.63) is 59.7 Å². The molecule has 1 unspecified atom stereocenters. The number of hydrogen-bond acceptors (Lipinski definition) is 4. The summed E-state index contributed by atoms with van der Waals surface area (Å²) in [6, 6.07) is 16.5. The molecular weight excluding hydrogens is 290 g/mol. The van der Waals surface area contributed by atoms with Crippen molar-refractivity contribution in [2.24, 2.45) is 5.73 Å². The van der Waals surface area contributed by atoms with Crippen LogP contribution in [0.4, 0.5) is 0 Å². The number of ether oxygens (including phenoxy) is 2. The number of nitrogens with two attached hydrogens (primary N) is 1. The number of carbonyl (C=O) groups excluding carboxylic acids is 1. The summed E-state index contributed by atoms with van der Waals surface area (Å²) in [7, 11) is 1.50. The maximum atomic E-state index is 12.1. The SMILES string of the molecule is COC(CCN)C(=O)OCC1c2ccccc2-c2ccccc21. The fraction of sp³-hybridized carbons (Fsp3) is 0.316. The van der Waals surface area contributed by atoms with Gasteiger partial charge in [0.2, 0.25) is 0 Å². The largest absolute Gasteiger partial charge is 0.463 e. The van der Waals surface area contributed by atoms with E-state index < -0.39 is 6.10 Å². The van der Waals surface area contributed by atoms with Gasteiger partial charge in [-0.05, 0) is 35.2 Å². The van der Waals surface area contributed by atoms with Crippen molar-refractivity contribution in [2.45, 2.75) is 18.4 Å². The average molecular weight is 311 g/mol. The molecule has 0 spiro atoms. The van der Waals surface area contributed by atoms with E-state index in [0.717, 1.165) is 0 Å². The first-order chi connectivity index (χ1) is 11.3. The molecule has 2 aromatic carbocycles. The van der Waals surface area contributed by atoms with E-state index in [1.807, 2.05) is 24.3 Å². The van der Waals surface area contributed by atoms with Gasteiger partial charge in [0.15, 0.2) is 6.10 Å². The van der Waals surface area contributed by atoms with Crippen molar-refractivity contribution >= 4 is 5.97 Å². The molecular formula is C19H21NO3. The van der Waals surface area contributed by atoms with E-state index in [9.17, 15) is 4.79 Å². The Morgan fingerprint density at radius 3 is 2.17 bits per heavy atom. The van der Waals surface area contributed by atoms with Crippen LogP contribution >= 0.6 is 0 Å². The summed E-state index contributed by atoms with van der Waals surface area (Å²) >= 11 is 0. The predicted octanol–water partition coefficient (Wildman–Crippen LogP) is 2.71. The molecule has 0 heterocycles. The lowest BCUT2D eigenvalue weighted by atomic mass is 9.98. The summed E-state index contributed by atoms with van der Waals surface area (Å²) in [6.45, 7) is 0.708. The fourth-order valence-electron chi connectivity index (χ4n) is 3.18. The first kappa shape index (κ1) is 15.7. The first-order valence-corrected chi connectivity index (χ1v) is 7.84. The molecule has 2 N–H and O–H groups in total. The predicted molar refractivity (Wildman–Crippen MR) is 89.1 cm³/mol. The van der Waals surface area contributed by atoms with Crippen LogP contribution in [-0.2, 0) is 14.3 Å². The van der Waals surface area contributed by atoms with Crippen molar-refractivity contribution in [1.82, 2.24) is 0 Å². The fourth-order valence-corrected chi connectivity index (χ4v) is 3.18. The number of benzene rings is 2.